The lowest BCUT2D eigenvalue weighted by atomic mass is 9.84. The van der Waals surface area contributed by atoms with Crippen LogP contribution in [-0.2, 0) is 0 Å². The number of alkyl halides is 2. The molecule has 0 aliphatic carbocycles. The van der Waals surface area contributed by atoms with Gasteiger partial charge in [0.05, 0.1) is 6.54 Å². The third kappa shape index (κ3) is 4.64. The Bertz CT molecular complexity index is 368. The van der Waals surface area contributed by atoms with E-state index in [0.717, 1.165) is 32.5 Å². The van der Waals surface area contributed by atoms with E-state index < -0.39 is 5.92 Å². The van der Waals surface area contributed by atoms with Gasteiger partial charge < -0.3 is 0 Å². The summed E-state index contributed by atoms with van der Waals surface area (Å²) in [5.74, 6) is -2.44. The maximum Gasteiger partial charge on any atom is 0.260 e. The molecule has 0 aromatic rings. The molecule has 2 saturated heterocycles. The van der Waals surface area contributed by atoms with Crippen molar-refractivity contribution in [2.45, 2.75) is 83.7 Å². The fraction of sp³-hybridized carbons (Fsp3) is 1.00. The van der Waals surface area contributed by atoms with Crippen LogP contribution < -0.4 is 0 Å². The van der Waals surface area contributed by atoms with Gasteiger partial charge in [0, 0.05) is 17.5 Å². The number of halogens is 2. The van der Waals surface area contributed by atoms with Gasteiger partial charge in [-0.2, -0.15) is 0 Å². The number of likely N-dealkylation sites (tertiary alicyclic amines) is 2. The van der Waals surface area contributed by atoms with E-state index in [1.54, 1.807) is 0 Å². The van der Waals surface area contributed by atoms with Crippen molar-refractivity contribution < 1.29 is 8.78 Å². The Balaban J connectivity index is 2.02. The molecule has 0 bridgehead atoms. The van der Waals surface area contributed by atoms with Crippen LogP contribution in [0.5, 0.6) is 0 Å². The Kier molecular flexibility index (Phi) is 5.23. The van der Waals surface area contributed by atoms with Gasteiger partial charge in [0.2, 0.25) is 0 Å². The molecule has 2 rings (SSSR count). The van der Waals surface area contributed by atoms with Gasteiger partial charge in [0.25, 0.3) is 5.92 Å². The summed E-state index contributed by atoms with van der Waals surface area (Å²) in [6, 6.07) is 0. The molecule has 2 fully saturated rings. The lowest BCUT2D eigenvalue weighted by molar-refractivity contribution is -0.0562. The Morgan fingerprint density at radius 3 is 2.09 bits per heavy atom. The first-order valence-electron chi connectivity index (χ1n) is 8.88. The van der Waals surface area contributed by atoms with Crippen molar-refractivity contribution in [2.24, 2.45) is 5.92 Å². The Morgan fingerprint density at radius 1 is 0.955 bits per heavy atom. The molecule has 0 radical (unpaired) electrons. The van der Waals surface area contributed by atoms with E-state index in [0.29, 0.717) is 0 Å². The predicted molar refractivity (Wildman–Crippen MR) is 88.5 cm³/mol. The zero-order chi connectivity index (χ0) is 16.6. The van der Waals surface area contributed by atoms with E-state index in [1.165, 1.54) is 12.8 Å². The molecule has 1 atom stereocenters. The minimum Gasteiger partial charge on any atom is -0.298 e. The molecule has 0 aromatic carbocycles. The predicted octanol–water partition coefficient (Wildman–Crippen LogP) is 4.40. The third-order valence-electron chi connectivity index (χ3n) is 5.52. The lowest BCUT2D eigenvalue weighted by Gasteiger charge is -2.38. The van der Waals surface area contributed by atoms with E-state index in [2.05, 4.69) is 18.7 Å². The molecule has 0 saturated carbocycles. The van der Waals surface area contributed by atoms with Gasteiger partial charge in [0.15, 0.2) is 0 Å². The fourth-order valence-electron chi connectivity index (χ4n) is 4.19. The second-order valence-corrected chi connectivity index (χ2v) is 9.02. The molecule has 22 heavy (non-hydrogen) atoms. The maximum absolute atomic E-state index is 14.4. The smallest absolute Gasteiger partial charge is 0.260 e. The minimum absolute atomic E-state index is 0.0498. The topological polar surface area (TPSA) is 6.48 Å². The Labute approximate surface area is 135 Å². The van der Waals surface area contributed by atoms with Crippen LogP contribution in [0, 0.1) is 5.92 Å². The van der Waals surface area contributed by atoms with Gasteiger partial charge in [-0.05, 0) is 85.9 Å². The number of nitrogens with zero attached hydrogens (tertiary/aromatic N) is 2. The molecular formula is C18H34F2N2. The SMILES string of the molecule is CC(C)(C)N1CCC(CC(C)(C)N2CCCC2)CC(F)(F)C1. The Morgan fingerprint density at radius 2 is 1.55 bits per heavy atom. The van der Waals surface area contributed by atoms with Gasteiger partial charge in [-0.15, -0.1) is 0 Å². The van der Waals surface area contributed by atoms with Gasteiger partial charge in [0.1, 0.15) is 0 Å². The largest absolute Gasteiger partial charge is 0.298 e. The van der Waals surface area contributed by atoms with E-state index in [9.17, 15) is 8.78 Å². The first-order valence-corrected chi connectivity index (χ1v) is 8.88. The average Bonchev–Trinajstić information content (AvgIpc) is 2.81. The van der Waals surface area contributed by atoms with Gasteiger partial charge in [-0.25, -0.2) is 8.78 Å². The van der Waals surface area contributed by atoms with Gasteiger partial charge in [-0.1, -0.05) is 0 Å². The maximum atomic E-state index is 14.4. The molecule has 2 heterocycles. The standard InChI is InChI=1S/C18H34F2N2/c1-16(2,3)22-11-8-15(13-18(19,20)14-22)12-17(4,5)21-9-6-7-10-21/h15H,6-14H2,1-5H3. The van der Waals surface area contributed by atoms with E-state index in [-0.39, 0.29) is 30.0 Å². The van der Waals surface area contributed by atoms with Crippen molar-refractivity contribution >= 4 is 0 Å². The van der Waals surface area contributed by atoms with Crippen molar-refractivity contribution in [3.8, 4) is 0 Å². The summed E-state index contributed by atoms with van der Waals surface area (Å²) in [6.07, 6.45) is 4.34. The minimum atomic E-state index is -2.56. The second-order valence-electron chi connectivity index (χ2n) is 9.02. The van der Waals surface area contributed by atoms with E-state index in [1.807, 2.05) is 25.7 Å². The van der Waals surface area contributed by atoms with Crippen LogP contribution in [0.25, 0.3) is 0 Å². The first-order chi connectivity index (χ1) is 10.00. The van der Waals surface area contributed by atoms with Crippen LogP contribution >= 0.6 is 0 Å². The highest BCUT2D eigenvalue weighted by Gasteiger charge is 2.42. The van der Waals surface area contributed by atoms with Crippen LogP contribution in [0.2, 0.25) is 0 Å². The van der Waals surface area contributed by atoms with Gasteiger partial charge in [-0.3, -0.25) is 9.80 Å². The van der Waals surface area contributed by atoms with Crippen molar-refractivity contribution in [3.63, 3.8) is 0 Å². The number of hydrogen-bond acceptors (Lipinski definition) is 2. The molecule has 2 nitrogen and oxygen atoms in total. The number of hydrogen-bond donors (Lipinski definition) is 0. The average molecular weight is 316 g/mol. The highest BCUT2D eigenvalue weighted by Crippen LogP contribution is 2.38. The first kappa shape index (κ1) is 18.1. The zero-order valence-corrected chi connectivity index (χ0v) is 15.1. The summed E-state index contributed by atoms with van der Waals surface area (Å²) in [5, 5.41) is 0. The molecule has 0 spiro atoms. The normalized spacial score (nSPS) is 28.8. The lowest BCUT2D eigenvalue weighted by Crippen LogP contribution is -2.46. The zero-order valence-electron chi connectivity index (χ0n) is 15.1. The van der Waals surface area contributed by atoms with Crippen LogP contribution in [-0.4, -0.2) is 53.0 Å². The van der Waals surface area contributed by atoms with Crippen molar-refractivity contribution in [1.29, 1.82) is 0 Å². The molecule has 2 aliphatic rings. The quantitative estimate of drug-likeness (QED) is 0.761. The summed E-state index contributed by atoms with van der Waals surface area (Å²) in [6.45, 7) is 13.6. The molecule has 4 heteroatoms. The monoisotopic (exact) mass is 316 g/mol. The van der Waals surface area contributed by atoms with Crippen LogP contribution in [0.15, 0.2) is 0 Å². The molecular weight excluding hydrogens is 282 g/mol. The van der Waals surface area contributed by atoms with E-state index in [4.69, 9.17) is 0 Å². The van der Waals surface area contributed by atoms with E-state index >= 15 is 0 Å². The summed E-state index contributed by atoms with van der Waals surface area (Å²) < 4.78 is 28.8. The summed E-state index contributed by atoms with van der Waals surface area (Å²) >= 11 is 0. The highest BCUT2D eigenvalue weighted by atomic mass is 19.3. The number of rotatable bonds is 3. The fourth-order valence-corrected chi connectivity index (χ4v) is 4.19. The Hall–Kier alpha value is -0.220. The molecule has 0 N–H and O–H groups in total. The molecule has 130 valence electrons. The van der Waals surface area contributed by atoms with Crippen LogP contribution in [0.3, 0.4) is 0 Å². The molecule has 0 aromatic heterocycles. The second kappa shape index (κ2) is 6.35. The van der Waals surface area contributed by atoms with Crippen molar-refractivity contribution in [1.82, 2.24) is 9.80 Å². The van der Waals surface area contributed by atoms with Crippen molar-refractivity contribution in [3.05, 3.63) is 0 Å². The van der Waals surface area contributed by atoms with Crippen LogP contribution in [0.1, 0.15) is 66.7 Å². The summed E-state index contributed by atoms with van der Waals surface area (Å²) in [5.41, 5.74) is -0.128. The van der Waals surface area contributed by atoms with Crippen LogP contribution in [0.4, 0.5) is 8.78 Å². The summed E-state index contributed by atoms with van der Waals surface area (Å²) in [4.78, 5) is 4.47. The summed E-state index contributed by atoms with van der Waals surface area (Å²) in [7, 11) is 0. The van der Waals surface area contributed by atoms with Gasteiger partial charge >= 0.3 is 0 Å². The molecule has 0 amide bonds. The van der Waals surface area contributed by atoms with Crippen molar-refractivity contribution in [2.75, 3.05) is 26.2 Å². The molecule has 1 unspecified atom stereocenters. The highest BCUT2D eigenvalue weighted by molar-refractivity contribution is 4.92. The molecule has 2 aliphatic heterocycles. The third-order valence-corrected chi connectivity index (χ3v) is 5.52.